The van der Waals surface area contributed by atoms with Crippen molar-refractivity contribution >= 4 is 22.5 Å². The van der Waals surface area contributed by atoms with Gasteiger partial charge in [0.2, 0.25) is 0 Å². The number of aromatic amines is 1. The van der Waals surface area contributed by atoms with Crippen LogP contribution in [0.2, 0.25) is 0 Å². The summed E-state index contributed by atoms with van der Waals surface area (Å²) in [4.78, 5) is 8.75. The van der Waals surface area contributed by atoms with Crippen molar-refractivity contribution in [3.63, 3.8) is 0 Å². The molecule has 0 aliphatic carbocycles. The van der Waals surface area contributed by atoms with Crippen LogP contribution in [0.25, 0.3) is 22.3 Å². The highest BCUT2D eigenvalue weighted by Gasteiger charge is 2.34. The van der Waals surface area contributed by atoms with E-state index in [9.17, 15) is 17.6 Å². The second kappa shape index (κ2) is 6.77. The van der Waals surface area contributed by atoms with Gasteiger partial charge in [0.15, 0.2) is 11.6 Å². The molecule has 6 nitrogen and oxygen atoms in total. The first kappa shape index (κ1) is 18.5. The van der Waals surface area contributed by atoms with Crippen LogP contribution in [0.4, 0.5) is 29.2 Å². The quantitative estimate of drug-likeness (QED) is 0.430. The molecule has 0 amide bonds. The summed E-state index contributed by atoms with van der Waals surface area (Å²) in [5.74, 6) is 0.183. The first-order valence-corrected chi connectivity index (χ1v) is 9.08. The van der Waals surface area contributed by atoms with Gasteiger partial charge in [-0.25, -0.2) is 14.4 Å². The zero-order valence-electron chi connectivity index (χ0n) is 15.3. The van der Waals surface area contributed by atoms with E-state index < -0.39 is 17.6 Å². The zero-order chi connectivity index (χ0) is 20.9. The van der Waals surface area contributed by atoms with Crippen LogP contribution in [0, 0.1) is 5.82 Å². The van der Waals surface area contributed by atoms with Crippen molar-refractivity contribution in [3.05, 3.63) is 65.1 Å². The van der Waals surface area contributed by atoms with Crippen LogP contribution in [0.3, 0.4) is 0 Å². The molecule has 0 fully saturated rings. The Bertz CT molecular complexity index is 1260. The van der Waals surface area contributed by atoms with Gasteiger partial charge < -0.3 is 10.6 Å². The molecule has 3 heterocycles. The molecule has 0 atom stereocenters. The van der Waals surface area contributed by atoms with E-state index in [1.54, 1.807) is 6.07 Å². The number of fused-ring (bicyclic) bond motifs is 2. The van der Waals surface area contributed by atoms with E-state index in [0.717, 1.165) is 11.6 Å². The highest BCUT2D eigenvalue weighted by molar-refractivity contribution is 5.91. The lowest BCUT2D eigenvalue weighted by atomic mass is 10.1. The number of nitrogens with zero attached hydrogens (tertiary/aromatic N) is 3. The van der Waals surface area contributed by atoms with Crippen molar-refractivity contribution in [2.45, 2.75) is 19.3 Å². The maximum Gasteiger partial charge on any atom is 0.417 e. The van der Waals surface area contributed by atoms with Crippen molar-refractivity contribution in [1.29, 1.82) is 0 Å². The first-order valence-electron chi connectivity index (χ1n) is 9.08. The summed E-state index contributed by atoms with van der Waals surface area (Å²) >= 11 is 0. The maximum atomic E-state index is 13.7. The molecule has 0 bridgehead atoms. The lowest BCUT2D eigenvalue weighted by Gasteiger charge is -2.14. The van der Waals surface area contributed by atoms with E-state index in [0.29, 0.717) is 41.3 Å². The minimum absolute atomic E-state index is 0.0427. The van der Waals surface area contributed by atoms with Gasteiger partial charge in [-0.05, 0) is 24.3 Å². The van der Waals surface area contributed by atoms with Crippen molar-refractivity contribution in [1.82, 2.24) is 25.5 Å². The number of benzene rings is 2. The molecule has 2 aromatic carbocycles. The molecule has 0 radical (unpaired) electrons. The highest BCUT2D eigenvalue weighted by Crippen LogP contribution is 2.37. The Morgan fingerprint density at radius 1 is 0.967 bits per heavy atom. The summed E-state index contributed by atoms with van der Waals surface area (Å²) in [6.45, 7) is 0.860. The lowest BCUT2D eigenvalue weighted by molar-refractivity contribution is -0.137. The van der Waals surface area contributed by atoms with Crippen LogP contribution in [-0.2, 0) is 19.3 Å². The largest absolute Gasteiger partial charge is 0.417 e. The van der Waals surface area contributed by atoms with Gasteiger partial charge in [-0.2, -0.15) is 18.3 Å². The monoisotopic (exact) mass is 414 g/mol. The normalized spacial score (nSPS) is 13.6. The number of halogens is 4. The SMILES string of the molecule is Fc1ccc2[nH]nc(Nc3nc(-c4ccccc4C(F)(F)F)nc4c3CNC4)c2c1. The van der Waals surface area contributed by atoms with Crippen molar-refractivity contribution < 1.29 is 17.6 Å². The van der Waals surface area contributed by atoms with Gasteiger partial charge in [-0.3, -0.25) is 5.10 Å². The van der Waals surface area contributed by atoms with Gasteiger partial charge in [0, 0.05) is 29.6 Å². The Kier molecular flexibility index (Phi) is 4.17. The topological polar surface area (TPSA) is 78.5 Å². The number of H-pyrrole nitrogens is 1. The molecule has 0 unspecified atom stereocenters. The van der Waals surface area contributed by atoms with Gasteiger partial charge >= 0.3 is 6.18 Å². The molecular formula is C20H14F4N6. The summed E-state index contributed by atoms with van der Waals surface area (Å²) < 4.78 is 54.2. The average Bonchev–Trinajstić information content (AvgIpc) is 3.34. The number of alkyl halides is 3. The third-order valence-electron chi connectivity index (χ3n) is 4.92. The summed E-state index contributed by atoms with van der Waals surface area (Å²) in [6.07, 6.45) is -4.54. The van der Waals surface area contributed by atoms with Crippen LogP contribution in [0.5, 0.6) is 0 Å². The maximum absolute atomic E-state index is 13.7. The number of hydrogen-bond donors (Lipinski definition) is 3. The van der Waals surface area contributed by atoms with Crippen LogP contribution in [-0.4, -0.2) is 20.2 Å². The predicted molar refractivity (Wildman–Crippen MR) is 102 cm³/mol. The van der Waals surface area contributed by atoms with Gasteiger partial charge in [-0.1, -0.05) is 18.2 Å². The van der Waals surface area contributed by atoms with Gasteiger partial charge in [-0.15, -0.1) is 0 Å². The van der Waals surface area contributed by atoms with E-state index in [4.69, 9.17) is 0 Å². The fraction of sp³-hybridized carbons (Fsp3) is 0.150. The van der Waals surface area contributed by atoms with E-state index in [2.05, 4.69) is 30.8 Å². The standard InChI is InChI=1S/C20H14F4N6/c21-10-5-6-15-12(7-10)19(30-29-15)28-18-13-8-25-9-16(13)26-17(27-18)11-3-1-2-4-14(11)20(22,23)24/h1-7,25H,8-9H2,(H2,26,27,28,29,30). The van der Waals surface area contributed by atoms with Crippen molar-refractivity contribution in [3.8, 4) is 11.4 Å². The Morgan fingerprint density at radius 3 is 2.63 bits per heavy atom. The molecule has 5 rings (SSSR count). The minimum atomic E-state index is -4.54. The fourth-order valence-electron chi connectivity index (χ4n) is 3.51. The molecule has 0 saturated heterocycles. The minimum Gasteiger partial charge on any atom is -0.323 e. The third-order valence-corrected chi connectivity index (χ3v) is 4.92. The molecule has 2 aromatic heterocycles. The van der Waals surface area contributed by atoms with Crippen molar-refractivity contribution in [2.24, 2.45) is 0 Å². The van der Waals surface area contributed by atoms with E-state index >= 15 is 0 Å². The van der Waals surface area contributed by atoms with E-state index in [-0.39, 0.29) is 11.4 Å². The molecule has 1 aliphatic rings. The summed E-state index contributed by atoms with van der Waals surface area (Å²) in [5, 5.41) is 13.6. The molecule has 30 heavy (non-hydrogen) atoms. The predicted octanol–water partition coefficient (Wildman–Crippen LogP) is 4.52. The van der Waals surface area contributed by atoms with Crippen molar-refractivity contribution in [2.75, 3.05) is 5.32 Å². The second-order valence-electron chi connectivity index (χ2n) is 6.86. The van der Waals surface area contributed by atoms with E-state index in [1.807, 2.05) is 0 Å². The Labute approximate surface area is 167 Å². The molecule has 152 valence electrons. The number of anilines is 2. The molecular weight excluding hydrogens is 400 g/mol. The van der Waals surface area contributed by atoms with Gasteiger partial charge in [0.1, 0.15) is 11.6 Å². The Morgan fingerprint density at radius 2 is 1.80 bits per heavy atom. The molecule has 4 aromatic rings. The highest BCUT2D eigenvalue weighted by atomic mass is 19.4. The smallest absolute Gasteiger partial charge is 0.323 e. The number of rotatable bonds is 3. The lowest BCUT2D eigenvalue weighted by Crippen LogP contribution is -2.10. The summed E-state index contributed by atoms with van der Waals surface area (Å²) in [7, 11) is 0. The van der Waals surface area contributed by atoms with Crippen LogP contribution < -0.4 is 10.6 Å². The molecule has 0 spiro atoms. The fourth-order valence-corrected chi connectivity index (χ4v) is 3.51. The molecule has 1 aliphatic heterocycles. The molecule has 10 heteroatoms. The van der Waals surface area contributed by atoms with Gasteiger partial charge in [0.25, 0.3) is 0 Å². The number of aromatic nitrogens is 4. The molecule has 3 N–H and O–H groups in total. The van der Waals surface area contributed by atoms with Crippen LogP contribution in [0.1, 0.15) is 16.8 Å². The van der Waals surface area contributed by atoms with Gasteiger partial charge in [0.05, 0.1) is 16.8 Å². The second-order valence-corrected chi connectivity index (χ2v) is 6.86. The number of hydrogen-bond acceptors (Lipinski definition) is 5. The van der Waals surface area contributed by atoms with E-state index in [1.165, 1.54) is 30.3 Å². The zero-order valence-corrected chi connectivity index (χ0v) is 15.3. The third kappa shape index (κ3) is 3.14. The Hall–Kier alpha value is -3.53. The molecule has 0 saturated carbocycles. The Balaban J connectivity index is 1.64. The van der Waals surface area contributed by atoms with Crippen LogP contribution >= 0.6 is 0 Å². The van der Waals surface area contributed by atoms with Crippen LogP contribution in [0.15, 0.2) is 42.5 Å². The summed E-state index contributed by atoms with van der Waals surface area (Å²) in [5.41, 5.74) is 1.03. The summed E-state index contributed by atoms with van der Waals surface area (Å²) in [6, 6.07) is 9.36. The average molecular weight is 414 g/mol. The first-order chi connectivity index (χ1) is 14.4. The number of nitrogens with one attached hydrogen (secondary N) is 3.